The van der Waals surface area contributed by atoms with Crippen LogP contribution in [-0.2, 0) is 4.79 Å². The predicted molar refractivity (Wildman–Crippen MR) is 113 cm³/mol. The maximum Gasteiger partial charge on any atom is 0.136 e. The number of carbonyl (C=O) groups is 1. The van der Waals surface area contributed by atoms with Crippen LogP contribution in [0.2, 0.25) is 0 Å². The molecule has 1 nitrogen and oxygen atoms in total. The Labute approximate surface area is 157 Å². The van der Waals surface area contributed by atoms with E-state index in [2.05, 4.69) is 52.8 Å². The molecule has 0 N–H and O–H groups in total. The summed E-state index contributed by atoms with van der Waals surface area (Å²) in [6, 6.07) is 0. The lowest BCUT2D eigenvalue weighted by Crippen LogP contribution is -1.96. The van der Waals surface area contributed by atoms with Gasteiger partial charge in [0.15, 0.2) is 0 Å². The summed E-state index contributed by atoms with van der Waals surface area (Å²) in [5.74, 6) is 0.406. The molecule has 1 heteroatoms. The third kappa shape index (κ3) is 17.5. The molecule has 0 rings (SSSR count). The van der Waals surface area contributed by atoms with E-state index < -0.39 is 0 Å². The quantitative estimate of drug-likeness (QED) is 0.216. The van der Waals surface area contributed by atoms with E-state index >= 15 is 0 Å². The molecule has 0 bridgehead atoms. The van der Waals surface area contributed by atoms with Crippen LogP contribution in [0, 0.1) is 0 Å². The molecule has 144 valence electrons. The first-order valence-corrected chi connectivity index (χ1v) is 10.4. The van der Waals surface area contributed by atoms with Crippen molar-refractivity contribution in [2.24, 2.45) is 0 Å². The molecule has 0 atom stereocenters. The van der Waals surface area contributed by atoms with Crippen LogP contribution in [0.1, 0.15) is 112 Å². The Morgan fingerprint density at radius 2 is 1.24 bits per heavy atom. The lowest BCUT2D eigenvalue weighted by Gasteiger charge is -2.02. The van der Waals surface area contributed by atoms with Crippen molar-refractivity contribution in [2.75, 3.05) is 0 Å². The summed E-state index contributed by atoms with van der Waals surface area (Å²) in [4.78, 5) is 11.9. The molecule has 0 heterocycles. The fraction of sp³-hybridized carbons (Fsp3) is 0.708. The van der Waals surface area contributed by atoms with E-state index in [0.29, 0.717) is 12.2 Å². The Hall–Kier alpha value is -1.11. The molecule has 0 radical (unpaired) electrons. The Bertz CT molecular complexity index is 433. The Morgan fingerprint density at radius 3 is 1.88 bits per heavy atom. The molecule has 0 fully saturated rings. The van der Waals surface area contributed by atoms with Gasteiger partial charge in [-0.3, -0.25) is 4.79 Å². The van der Waals surface area contributed by atoms with Gasteiger partial charge in [0.05, 0.1) is 0 Å². The highest BCUT2D eigenvalue weighted by Gasteiger charge is 2.00. The maximum absolute atomic E-state index is 11.9. The van der Waals surface area contributed by atoms with Crippen molar-refractivity contribution in [1.82, 2.24) is 0 Å². The third-order valence-electron chi connectivity index (χ3n) is 4.61. The number of unbranched alkanes of at least 4 members (excludes halogenated alkanes) is 5. The highest BCUT2D eigenvalue weighted by molar-refractivity contribution is 5.79. The second-order valence-electron chi connectivity index (χ2n) is 7.72. The van der Waals surface area contributed by atoms with E-state index in [1.165, 1.54) is 48.8 Å². The van der Waals surface area contributed by atoms with Crippen molar-refractivity contribution in [3.05, 3.63) is 34.9 Å². The van der Waals surface area contributed by atoms with Crippen LogP contribution >= 0.6 is 0 Å². The van der Waals surface area contributed by atoms with E-state index in [1.54, 1.807) is 0 Å². The zero-order valence-corrected chi connectivity index (χ0v) is 17.6. The minimum Gasteiger partial charge on any atom is -0.299 e. The van der Waals surface area contributed by atoms with Crippen molar-refractivity contribution in [1.29, 1.82) is 0 Å². The number of rotatable bonds is 15. The standard InChI is InChI=1S/C24H42O/c1-6-7-8-9-10-11-18-24(25)20-19-23(5)17-13-16-22(4)15-12-14-21(2)3/h14,16,19H,6-13,15,17-18,20H2,1-5H3/b22-16+,23-19+. The SMILES string of the molecule is CCCCCCCCC(=O)C/C=C(\C)CC/C=C(\C)CCC=C(C)C. The number of ketones is 1. The number of hydrogen-bond donors (Lipinski definition) is 0. The molecular formula is C24H42O. The van der Waals surface area contributed by atoms with Crippen LogP contribution in [0.15, 0.2) is 34.9 Å². The first-order chi connectivity index (χ1) is 12.0. The van der Waals surface area contributed by atoms with Gasteiger partial charge in [0, 0.05) is 12.8 Å². The molecule has 0 aromatic heterocycles. The van der Waals surface area contributed by atoms with Crippen molar-refractivity contribution >= 4 is 5.78 Å². The normalized spacial score (nSPS) is 12.4. The van der Waals surface area contributed by atoms with Crippen molar-refractivity contribution in [2.45, 2.75) is 112 Å². The van der Waals surface area contributed by atoms with Crippen molar-refractivity contribution in [3.8, 4) is 0 Å². The van der Waals surface area contributed by atoms with Crippen LogP contribution in [-0.4, -0.2) is 5.78 Å². The monoisotopic (exact) mass is 346 g/mol. The van der Waals surface area contributed by atoms with Gasteiger partial charge in [0.1, 0.15) is 5.78 Å². The zero-order chi connectivity index (χ0) is 18.9. The molecule has 0 aromatic rings. The first kappa shape index (κ1) is 23.9. The molecule has 0 aliphatic rings. The smallest absolute Gasteiger partial charge is 0.136 e. The topological polar surface area (TPSA) is 17.1 Å². The number of allylic oxidation sites excluding steroid dienone is 6. The summed E-state index contributed by atoms with van der Waals surface area (Å²) in [5, 5.41) is 0. The van der Waals surface area contributed by atoms with Crippen molar-refractivity contribution in [3.63, 3.8) is 0 Å². The number of Topliss-reactive ketones (excluding diaryl/α,β-unsaturated/α-hetero) is 1. The second kappa shape index (κ2) is 16.4. The van der Waals surface area contributed by atoms with E-state index in [1.807, 2.05) is 0 Å². The summed E-state index contributed by atoms with van der Waals surface area (Å²) in [6.07, 6.45) is 20.2. The third-order valence-corrected chi connectivity index (χ3v) is 4.61. The summed E-state index contributed by atoms with van der Waals surface area (Å²) < 4.78 is 0. The highest BCUT2D eigenvalue weighted by Crippen LogP contribution is 2.13. The van der Waals surface area contributed by atoms with Gasteiger partial charge in [-0.2, -0.15) is 0 Å². The van der Waals surface area contributed by atoms with Gasteiger partial charge in [-0.25, -0.2) is 0 Å². The minimum atomic E-state index is 0.406. The summed E-state index contributed by atoms with van der Waals surface area (Å²) in [6.45, 7) is 10.9. The van der Waals surface area contributed by atoms with E-state index in [4.69, 9.17) is 0 Å². The fourth-order valence-electron chi connectivity index (χ4n) is 2.83. The fourth-order valence-corrected chi connectivity index (χ4v) is 2.83. The first-order valence-electron chi connectivity index (χ1n) is 10.4. The lowest BCUT2D eigenvalue weighted by atomic mass is 10.0. The van der Waals surface area contributed by atoms with Gasteiger partial charge in [-0.1, -0.05) is 74.0 Å². The average Bonchev–Trinajstić information content (AvgIpc) is 2.55. The molecule has 0 saturated heterocycles. The molecule has 0 saturated carbocycles. The molecule has 0 aromatic carbocycles. The number of carbonyl (C=O) groups excluding carboxylic acids is 1. The zero-order valence-electron chi connectivity index (χ0n) is 17.6. The van der Waals surface area contributed by atoms with Crippen molar-refractivity contribution < 1.29 is 4.79 Å². The van der Waals surface area contributed by atoms with E-state index in [0.717, 1.165) is 38.5 Å². The van der Waals surface area contributed by atoms with Crippen LogP contribution in [0.5, 0.6) is 0 Å². The second-order valence-corrected chi connectivity index (χ2v) is 7.72. The molecule has 0 unspecified atom stereocenters. The van der Waals surface area contributed by atoms with Gasteiger partial charge < -0.3 is 0 Å². The van der Waals surface area contributed by atoms with E-state index in [-0.39, 0.29) is 0 Å². The maximum atomic E-state index is 11.9. The minimum absolute atomic E-state index is 0.406. The van der Waals surface area contributed by atoms with Crippen LogP contribution in [0.4, 0.5) is 0 Å². The molecular weight excluding hydrogens is 304 g/mol. The van der Waals surface area contributed by atoms with Gasteiger partial charge in [-0.05, 0) is 59.8 Å². The number of hydrogen-bond acceptors (Lipinski definition) is 1. The summed E-state index contributed by atoms with van der Waals surface area (Å²) in [5.41, 5.74) is 4.23. The molecule has 0 aliphatic carbocycles. The van der Waals surface area contributed by atoms with E-state index in [9.17, 15) is 4.79 Å². The van der Waals surface area contributed by atoms with Gasteiger partial charge in [-0.15, -0.1) is 0 Å². The predicted octanol–water partition coefficient (Wildman–Crippen LogP) is 8.12. The van der Waals surface area contributed by atoms with Gasteiger partial charge in [0.2, 0.25) is 0 Å². The molecule has 0 spiro atoms. The average molecular weight is 347 g/mol. The highest BCUT2D eigenvalue weighted by atomic mass is 16.1. The summed E-state index contributed by atoms with van der Waals surface area (Å²) >= 11 is 0. The Morgan fingerprint density at radius 1 is 0.680 bits per heavy atom. The molecule has 0 aliphatic heterocycles. The Kier molecular flexibility index (Phi) is 15.6. The largest absolute Gasteiger partial charge is 0.299 e. The summed E-state index contributed by atoms with van der Waals surface area (Å²) in [7, 11) is 0. The van der Waals surface area contributed by atoms with Crippen LogP contribution in [0.3, 0.4) is 0 Å². The van der Waals surface area contributed by atoms with Gasteiger partial charge >= 0.3 is 0 Å². The van der Waals surface area contributed by atoms with Crippen LogP contribution < -0.4 is 0 Å². The molecule has 0 amide bonds. The molecule has 25 heavy (non-hydrogen) atoms. The van der Waals surface area contributed by atoms with Crippen LogP contribution in [0.25, 0.3) is 0 Å². The lowest BCUT2D eigenvalue weighted by molar-refractivity contribution is -0.118. The Balaban J connectivity index is 3.82. The van der Waals surface area contributed by atoms with Gasteiger partial charge in [0.25, 0.3) is 0 Å².